The average molecular weight is 394 g/mol. The highest BCUT2D eigenvalue weighted by molar-refractivity contribution is 6.00. The molecule has 0 saturated heterocycles. The molecular formula is C22H26N4O3. The van der Waals surface area contributed by atoms with Crippen LogP contribution in [0.5, 0.6) is 5.75 Å². The van der Waals surface area contributed by atoms with E-state index in [0.717, 1.165) is 17.1 Å². The number of carbonyl (C=O) groups is 2. The maximum Gasteiger partial charge on any atom is 0.253 e. The first-order chi connectivity index (χ1) is 14.0. The number of hydrogen-bond acceptors (Lipinski definition) is 5. The van der Waals surface area contributed by atoms with Crippen LogP contribution in [0.2, 0.25) is 0 Å². The summed E-state index contributed by atoms with van der Waals surface area (Å²) >= 11 is 0. The van der Waals surface area contributed by atoms with Gasteiger partial charge in [-0.05, 0) is 24.1 Å². The molecule has 3 N–H and O–H groups in total. The molecule has 0 radical (unpaired) electrons. The second kappa shape index (κ2) is 8.11. The first-order valence-electron chi connectivity index (χ1n) is 10.1. The number of aliphatic imine (C=N–C) groups is 1. The number of benzene rings is 1. The lowest BCUT2D eigenvalue weighted by Crippen LogP contribution is -2.34. The second-order valence-corrected chi connectivity index (χ2v) is 7.68. The Kier molecular flexibility index (Phi) is 5.38. The fraction of sp³-hybridized carbons (Fsp3) is 0.409. The summed E-state index contributed by atoms with van der Waals surface area (Å²) in [5, 5.41) is 15.2. The monoisotopic (exact) mass is 394 g/mol. The van der Waals surface area contributed by atoms with Crippen LogP contribution < -0.4 is 10.6 Å². The number of phenolic OH excluding ortho intramolecular Hbond substituents is 1. The van der Waals surface area contributed by atoms with E-state index in [1.54, 1.807) is 12.1 Å². The normalized spacial score (nSPS) is 22.7. The van der Waals surface area contributed by atoms with Gasteiger partial charge in [-0.15, -0.1) is 0 Å². The molecule has 0 spiro atoms. The Morgan fingerprint density at radius 3 is 2.90 bits per heavy atom. The molecule has 152 valence electrons. The lowest BCUT2D eigenvalue weighted by atomic mass is 9.90. The number of amidine groups is 1. The second-order valence-electron chi connectivity index (χ2n) is 7.68. The maximum atomic E-state index is 12.3. The number of nitrogens with one attached hydrogen (secondary N) is 2. The van der Waals surface area contributed by atoms with Crippen molar-refractivity contribution in [1.82, 2.24) is 15.5 Å². The predicted molar refractivity (Wildman–Crippen MR) is 110 cm³/mol. The van der Waals surface area contributed by atoms with Gasteiger partial charge in [0.25, 0.3) is 5.91 Å². The van der Waals surface area contributed by atoms with Crippen LogP contribution in [0.25, 0.3) is 0 Å². The molecular weight excluding hydrogens is 368 g/mol. The zero-order chi connectivity index (χ0) is 20.4. The third-order valence-corrected chi connectivity index (χ3v) is 5.62. The van der Waals surface area contributed by atoms with Crippen LogP contribution in [0.15, 0.2) is 52.7 Å². The molecule has 4 rings (SSSR count). The molecule has 0 bridgehead atoms. The Labute approximate surface area is 170 Å². The Morgan fingerprint density at radius 2 is 2.10 bits per heavy atom. The van der Waals surface area contributed by atoms with Gasteiger partial charge in [0, 0.05) is 38.4 Å². The zero-order valence-corrected chi connectivity index (χ0v) is 16.5. The molecule has 2 amide bonds. The lowest BCUT2D eigenvalue weighted by Gasteiger charge is -2.26. The first kappa shape index (κ1) is 19.2. The number of amides is 2. The van der Waals surface area contributed by atoms with Gasteiger partial charge in [-0.3, -0.25) is 14.6 Å². The van der Waals surface area contributed by atoms with Crippen molar-refractivity contribution in [2.24, 2.45) is 10.9 Å². The fourth-order valence-electron chi connectivity index (χ4n) is 4.04. The van der Waals surface area contributed by atoms with Crippen molar-refractivity contribution >= 4 is 17.6 Å². The summed E-state index contributed by atoms with van der Waals surface area (Å²) in [6, 6.07) is 6.96. The van der Waals surface area contributed by atoms with Crippen molar-refractivity contribution in [3.05, 3.63) is 53.3 Å². The highest BCUT2D eigenvalue weighted by atomic mass is 16.3. The molecule has 0 fully saturated rings. The van der Waals surface area contributed by atoms with E-state index in [4.69, 9.17) is 4.99 Å². The van der Waals surface area contributed by atoms with Crippen molar-refractivity contribution in [3.63, 3.8) is 0 Å². The van der Waals surface area contributed by atoms with Crippen LogP contribution in [0, 0.1) is 5.92 Å². The van der Waals surface area contributed by atoms with Gasteiger partial charge in [0.1, 0.15) is 11.6 Å². The van der Waals surface area contributed by atoms with E-state index in [1.807, 2.05) is 24.3 Å². The summed E-state index contributed by atoms with van der Waals surface area (Å²) in [5.41, 5.74) is 2.75. The van der Waals surface area contributed by atoms with Gasteiger partial charge in [0.2, 0.25) is 5.91 Å². The van der Waals surface area contributed by atoms with Gasteiger partial charge >= 0.3 is 0 Å². The first-order valence-corrected chi connectivity index (χ1v) is 10.1. The molecule has 2 heterocycles. The highest BCUT2D eigenvalue weighted by Gasteiger charge is 2.39. The maximum absolute atomic E-state index is 12.3. The minimum atomic E-state index is -0.0425. The van der Waals surface area contributed by atoms with E-state index < -0.39 is 0 Å². The average Bonchev–Trinajstić information content (AvgIpc) is 2.98. The summed E-state index contributed by atoms with van der Waals surface area (Å²) in [7, 11) is 0. The van der Waals surface area contributed by atoms with Crippen molar-refractivity contribution in [2.75, 3.05) is 19.6 Å². The van der Waals surface area contributed by atoms with Crippen LogP contribution in [-0.4, -0.2) is 53.3 Å². The van der Waals surface area contributed by atoms with E-state index in [9.17, 15) is 14.7 Å². The summed E-state index contributed by atoms with van der Waals surface area (Å²) in [5.74, 6) is 1.32. The largest absolute Gasteiger partial charge is 0.508 e. The van der Waals surface area contributed by atoms with Gasteiger partial charge in [0.05, 0.1) is 17.3 Å². The van der Waals surface area contributed by atoms with Crippen molar-refractivity contribution < 1.29 is 14.7 Å². The van der Waals surface area contributed by atoms with E-state index in [0.29, 0.717) is 44.5 Å². The minimum absolute atomic E-state index is 0.00856. The van der Waals surface area contributed by atoms with E-state index in [1.165, 1.54) is 0 Å². The molecule has 1 aliphatic carbocycles. The van der Waals surface area contributed by atoms with Crippen LogP contribution in [-0.2, 0) is 16.0 Å². The van der Waals surface area contributed by atoms with Crippen molar-refractivity contribution in [2.45, 2.75) is 32.2 Å². The molecule has 0 aromatic heterocycles. The summed E-state index contributed by atoms with van der Waals surface area (Å²) in [6.45, 7) is 3.91. The molecule has 2 atom stereocenters. The number of rotatable bonds is 6. The molecule has 1 aromatic carbocycles. The Bertz CT molecular complexity index is 901. The Hall–Kier alpha value is -3.09. The van der Waals surface area contributed by atoms with Gasteiger partial charge in [-0.25, -0.2) is 0 Å². The molecule has 3 aliphatic rings. The third kappa shape index (κ3) is 4.04. The Balaban J connectivity index is 1.33. The van der Waals surface area contributed by atoms with E-state index >= 15 is 0 Å². The molecule has 0 saturated carbocycles. The van der Waals surface area contributed by atoms with Gasteiger partial charge in [0.15, 0.2) is 0 Å². The van der Waals surface area contributed by atoms with E-state index in [2.05, 4.69) is 22.5 Å². The quantitative estimate of drug-likeness (QED) is 0.682. The smallest absolute Gasteiger partial charge is 0.253 e. The van der Waals surface area contributed by atoms with Crippen LogP contribution in [0.3, 0.4) is 0 Å². The number of hydrogen-bond donors (Lipinski definition) is 3. The standard InChI is InChI=1S/C22H26N4O3/c1-14-2-7-17-21-20(14)25-18(26(21)13-12-24-22(17)29)8-9-19(28)23-11-10-15-3-5-16(27)6-4-15/h2-7,14,20,27H,8-13H2,1H3,(H,23,28)(H,24,29). The topological polar surface area (TPSA) is 94.0 Å². The molecule has 29 heavy (non-hydrogen) atoms. The van der Waals surface area contributed by atoms with Gasteiger partial charge in [-0.1, -0.05) is 31.2 Å². The Morgan fingerprint density at radius 1 is 1.31 bits per heavy atom. The third-order valence-electron chi connectivity index (χ3n) is 5.62. The molecule has 2 aliphatic heterocycles. The SMILES string of the molecule is CC1C=CC2=C3C1N=C(CCC(=O)NCCc1ccc(O)cc1)N3CCNC2=O. The number of nitrogens with zero attached hydrogens (tertiary/aromatic N) is 2. The zero-order valence-electron chi connectivity index (χ0n) is 16.5. The number of carbonyl (C=O) groups excluding carboxylic acids is 2. The molecule has 1 aromatic rings. The fourth-order valence-corrected chi connectivity index (χ4v) is 4.04. The van der Waals surface area contributed by atoms with Crippen LogP contribution in [0.1, 0.15) is 25.3 Å². The van der Waals surface area contributed by atoms with Crippen molar-refractivity contribution in [1.29, 1.82) is 0 Å². The molecule has 2 unspecified atom stereocenters. The lowest BCUT2D eigenvalue weighted by molar-refractivity contribution is -0.121. The predicted octanol–water partition coefficient (Wildman–Crippen LogP) is 1.50. The summed E-state index contributed by atoms with van der Waals surface area (Å²) in [4.78, 5) is 31.6. The summed E-state index contributed by atoms with van der Waals surface area (Å²) in [6.07, 6.45) is 5.57. The number of aromatic hydroxyl groups is 1. The van der Waals surface area contributed by atoms with Crippen LogP contribution in [0.4, 0.5) is 0 Å². The van der Waals surface area contributed by atoms with Crippen LogP contribution >= 0.6 is 0 Å². The van der Waals surface area contributed by atoms with Crippen molar-refractivity contribution in [3.8, 4) is 5.75 Å². The number of phenols is 1. The molecule has 7 nitrogen and oxygen atoms in total. The van der Waals surface area contributed by atoms with Gasteiger partial charge < -0.3 is 20.6 Å². The molecule has 7 heteroatoms. The van der Waals surface area contributed by atoms with Gasteiger partial charge in [-0.2, -0.15) is 0 Å². The highest BCUT2D eigenvalue weighted by Crippen LogP contribution is 2.36. The summed E-state index contributed by atoms with van der Waals surface area (Å²) < 4.78 is 0. The minimum Gasteiger partial charge on any atom is -0.508 e. The van der Waals surface area contributed by atoms with E-state index in [-0.39, 0.29) is 29.5 Å².